The van der Waals surface area contributed by atoms with E-state index < -0.39 is 16.1 Å². The molecule has 0 aliphatic heterocycles. The molecule has 1 heterocycles. The van der Waals surface area contributed by atoms with Gasteiger partial charge in [-0.1, -0.05) is 0 Å². The number of anilines is 1. The first kappa shape index (κ1) is 12.5. The van der Waals surface area contributed by atoms with Crippen LogP contribution in [0.3, 0.4) is 0 Å². The molecule has 0 fully saturated rings. The first-order valence-electron chi connectivity index (χ1n) is 4.34. The van der Waals surface area contributed by atoms with Gasteiger partial charge in [0.2, 0.25) is 10.0 Å². The molecular weight excluding hydrogens is 236 g/mol. The van der Waals surface area contributed by atoms with Crippen LogP contribution in [0.2, 0.25) is 0 Å². The fraction of sp³-hybridized carbons (Fsp3) is 0.429. The second-order valence-electron chi connectivity index (χ2n) is 2.91. The van der Waals surface area contributed by atoms with Crippen LogP contribution >= 0.6 is 0 Å². The number of sulfonamides is 1. The molecule has 0 saturated carbocycles. The van der Waals surface area contributed by atoms with Crippen molar-refractivity contribution in [2.45, 2.75) is 11.8 Å². The van der Waals surface area contributed by atoms with E-state index in [4.69, 9.17) is 5.14 Å². The summed E-state index contributed by atoms with van der Waals surface area (Å²) in [5.41, 5.74) is 0. The Bertz CT molecular complexity index is 492. The molecule has 0 bridgehead atoms. The van der Waals surface area contributed by atoms with Crippen LogP contribution in [0.1, 0.15) is 6.92 Å². The van der Waals surface area contributed by atoms with E-state index >= 15 is 0 Å². The molecule has 9 heteroatoms. The number of ether oxygens (including phenoxy) is 1. The number of aromatic nitrogens is 2. The lowest BCUT2D eigenvalue weighted by molar-refractivity contribution is 0.167. The predicted molar refractivity (Wildman–Crippen MR) is 55.2 cm³/mol. The van der Waals surface area contributed by atoms with Crippen molar-refractivity contribution in [3.8, 4) is 0 Å². The van der Waals surface area contributed by atoms with E-state index in [0.717, 1.165) is 0 Å². The maximum atomic E-state index is 11.1. The van der Waals surface area contributed by atoms with E-state index in [1.165, 1.54) is 17.9 Å². The Morgan fingerprint density at radius 3 is 2.81 bits per heavy atom. The quantitative estimate of drug-likeness (QED) is 0.757. The summed E-state index contributed by atoms with van der Waals surface area (Å²) in [6.07, 6.45) is 0.405. The summed E-state index contributed by atoms with van der Waals surface area (Å²) in [6.45, 7) is 1.79. The SMILES string of the molecule is CCOC(=O)Nc1nn(C)cc1S(N)(=O)=O. The second kappa shape index (κ2) is 4.49. The largest absolute Gasteiger partial charge is 0.450 e. The lowest BCUT2D eigenvalue weighted by Gasteiger charge is -2.03. The van der Waals surface area contributed by atoms with Crippen molar-refractivity contribution in [3.63, 3.8) is 0 Å². The summed E-state index contributed by atoms with van der Waals surface area (Å²) in [7, 11) is -2.42. The fourth-order valence-corrected chi connectivity index (χ4v) is 1.69. The Balaban J connectivity index is 3.01. The van der Waals surface area contributed by atoms with E-state index in [2.05, 4.69) is 15.2 Å². The minimum absolute atomic E-state index is 0.150. The van der Waals surface area contributed by atoms with Crippen LogP contribution in [0.4, 0.5) is 10.6 Å². The summed E-state index contributed by atoms with van der Waals surface area (Å²) in [6, 6.07) is 0. The highest BCUT2D eigenvalue weighted by Crippen LogP contribution is 2.17. The van der Waals surface area contributed by atoms with Gasteiger partial charge in [-0.3, -0.25) is 10.00 Å². The molecule has 90 valence electrons. The van der Waals surface area contributed by atoms with Gasteiger partial charge in [-0.15, -0.1) is 0 Å². The molecule has 0 unspecified atom stereocenters. The Hall–Kier alpha value is -1.61. The van der Waals surface area contributed by atoms with E-state index in [1.807, 2.05) is 0 Å². The minimum atomic E-state index is -3.93. The van der Waals surface area contributed by atoms with Crippen molar-refractivity contribution in [1.82, 2.24) is 9.78 Å². The van der Waals surface area contributed by atoms with Crippen LogP contribution in [0, 0.1) is 0 Å². The molecule has 0 aliphatic carbocycles. The summed E-state index contributed by atoms with van der Waals surface area (Å²) in [4.78, 5) is 10.8. The highest BCUT2D eigenvalue weighted by molar-refractivity contribution is 7.89. The van der Waals surface area contributed by atoms with Crippen molar-refractivity contribution in [2.24, 2.45) is 12.2 Å². The first-order valence-corrected chi connectivity index (χ1v) is 5.89. The minimum Gasteiger partial charge on any atom is -0.450 e. The van der Waals surface area contributed by atoms with Gasteiger partial charge in [0.25, 0.3) is 0 Å². The van der Waals surface area contributed by atoms with Crippen molar-refractivity contribution >= 4 is 21.9 Å². The molecule has 1 amide bonds. The standard InChI is InChI=1S/C7H12N4O4S/c1-3-15-7(12)9-6-5(16(8,13)14)4-11(2)10-6/h4H,3H2,1-2H3,(H2,8,13,14)(H,9,10,12). The van der Waals surface area contributed by atoms with Crippen molar-refractivity contribution < 1.29 is 17.9 Å². The number of hydrogen-bond donors (Lipinski definition) is 2. The van der Waals surface area contributed by atoms with Gasteiger partial charge >= 0.3 is 6.09 Å². The van der Waals surface area contributed by atoms with Crippen LogP contribution in [0.25, 0.3) is 0 Å². The van der Waals surface area contributed by atoms with Gasteiger partial charge in [-0.25, -0.2) is 18.4 Å². The Labute approximate surface area is 92.4 Å². The summed E-state index contributed by atoms with van der Waals surface area (Å²) in [5.74, 6) is -0.150. The summed E-state index contributed by atoms with van der Waals surface area (Å²) < 4.78 is 28.1. The molecule has 8 nitrogen and oxygen atoms in total. The lowest BCUT2D eigenvalue weighted by atomic mass is 10.6. The number of nitrogens with two attached hydrogens (primary N) is 1. The lowest BCUT2D eigenvalue weighted by Crippen LogP contribution is -2.18. The number of primary sulfonamides is 1. The maximum Gasteiger partial charge on any atom is 0.412 e. The highest BCUT2D eigenvalue weighted by Gasteiger charge is 2.20. The number of nitrogens with zero attached hydrogens (tertiary/aromatic N) is 2. The molecule has 0 spiro atoms. The van der Waals surface area contributed by atoms with Crippen LogP contribution in [0.5, 0.6) is 0 Å². The van der Waals surface area contributed by atoms with Crippen LogP contribution in [-0.4, -0.2) is 30.9 Å². The average Bonchev–Trinajstić information content (AvgIpc) is 2.46. The molecule has 3 N–H and O–H groups in total. The molecule has 16 heavy (non-hydrogen) atoms. The highest BCUT2D eigenvalue weighted by atomic mass is 32.2. The summed E-state index contributed by atoms with van der Waals surface area (Å²) >= 11 is 0. The van der Waals surface area contributed by atoms with Crippen molar-refractivity contribution in [3.05, 3.63) is 6.20 Å². The van der Waals surface area contributed by atoms with Gasteiger partial charge in [0.15, 0.2) is 5.82 Å². The van der Waals surface area contributed by atoms with Crippen LogP contribution in [-0.2, 0) is 21.8 Å². The number of aryl methyl sites for hydroxylation is 1. The Morgan fingerprint density at radius 2 is 2.31 bits per heavy atom. The molecule has 0 aliphatic rings. The van der Waals surface area contributed by atoms with Gasteiger partial charge in [0.1, 0.15) is 4.90 Å². The number of carbonyl (C=O) groups excluding carboxylic acids is 1. The zero-order chi connectivity index (χ0) is 12.3. The molecule has 0 atom stereocenters. The van der Waals surface area contributed by atoms with Gasteiger partial charge in [0.05, 0.1) is 6.61 Å². The normalized spacial score (nSPS) is 11.2. The third-order valence-electron chi connectivity index (χ3n) is 1.60. The number of hydrogen-bond acceptors (Lipinski definition) is 5. The monoisotopic (exact) mass is 248 g/mol. The zero-order valence-electron chi connectivity index (χ0n) is 8.80. The molecule has 0 radical (unpaired) electrons. The van der Waals surface area contributed by atoms with Crippen molar-refractivity contribution in [1.29, 1.82) is 0 Å². The van der Waals surface area contributed by atoms with Crippen LogP contribution < -0.4 is 10.5 Å². The van der Waals surface area contributed by atoms with E-state index in [0.29, 0.717) is 0 Å². The zero-order valence-corrected chi connectivity index (χ0v) is 9.61. The molecule has 0 aromatic carbocycles. The number of carbonyl (C=O) groups is 1. The molecule has 0 saturated heterocycles. The molecular formula is C7H12N4O4S. The van der Waals surface area contributed by atoms with Gasteiger partial charge < -0.3 is 4.74 Å². The maximum absolute atomic E-state index is 11.1. The Morgan fingerprint density at radius 1 is 1.69 bits per heavy atom. The molecule has 1 rings (SSSR count). The number of nitrogens with one attached hydrogen (secondary N) is 1. The third-order valence-corrected chi connectivity index (χ3v) is 2.51. The first-order chi connectivity index (χ1) is 7.34. The Kier molecular flexibility index (Phi) is 3.50. The van der Waals surface area contributed by atoms with Crippen molar-refractivity contribution in [2.75, 3.05) is 11.9 Å². The number of amides is 1. The molecule has 1 aromatic rings. The predicted octanol–water partition coefficient (Wildman–Crippen LogP) is -0.364. The number of rotatable bonds is 3. The second-order valence-corrected chi connectivity index (χ2v) is 4.44. The fourth-order valence-electron chi connectivity index (χ4n) is 1.03. The van der Waals surface area contributed by atoms with Gasteiger partial charge in [-0.2, -0.15) is 5.10 Å². The van der Waals surface area contributed by atoms with E-state index in [1.54, 1.807) is 6.92 Å². The van der Waals surface area contributed by atoms with Gasteiger partial charge in [0, 0.05) is 13.2 Å². The smallest absolute Gasteiger partial charge is 0.412 e. The molecule has 1 aromatic heterocycles. The topological polar surface area (TPSA) is 116 Å². The van der Waals surface area contributed by atoms with E-state index in [-0.39, 0.29) is 17.3 Å². The third kappa shape index (κ3) is 2.94. The van der Waals surface area contributed by atoms with Gasteiger partial charge in [-0.05, 0) is 6.92 Å². The van der Waals surface area contributed by atoms with E-state index in [9.17, 15) is 13.2 Å². The van der Waals surface area contributed by atoms with Crippen LogP contribution in [0.15, 0.2) is 11.1 Å². The average molecular weight is 248 g/mol. The summed E-state index contributed by atoms with van der Waals surface area (Å²) in [5, 5.41) is 10.9.